The lowest BCUT2D eigenvalue weighted by atomic mass is 9.89. The standard InChI is InChI=1S/C15H20ClNO/c16-10-12-6-8-14(9-7-12)15(18)17-11-13-4-2-1-3-5-13/h6-9,13H,1-5,10-11H2,(H,17,18). The van der Waals surface area contributed by atoms with E-state index in [-0.39, 0.29) is 5.91 Å². The van der Waals surface area contributed by atoms with Gasteiger partial charge in [0, 0.05) is 18.0 Å². The van der Waals surface area contributed by atoms with Crippen molar-refractivity contribution < 1.29 is 4.79 Å². The van der Waals surface area contributed by atoms with Gasteiger partial charge in [-0.1, -0.05) is 31.4 Å². The molecule has 0 unspecified atom stereocenters. The summed E-state index contributed by atoms with van der Waals surface area (Å²) >= 11 is 5.72. The fourth-order valence-electron chi connectivity index (χ4n) is 2.48. The first-order chi connectivity index (χ1) is 8.79. The zero-order chi connectivity index (χ0) is 12.8. The second-order valence-electron chi connectivity index (χ2n) is 5.04. The minimum absolute atomic E-state index is 0.0293. The van der Waals surface area contributed by atoms with Crippen molar-refractivity contribution in [1.82, 2.24) is 5.32 Å². The molecule has 1 N–H and O–H groups in total. The highest BCUT2D eigenvalue weighted by Crippen LogP contribution is 2.22. The maximum absolute atomic E-state index is 11.9. The van der Waals surface area contributed by atoms with Crippen LogP contribution in [0.1, 0.15) is 48.0 Å². The zero-order valence-corrected chi connectivity index (χ0v) is 11.4. The smallest absolute Gasteiger partial charge is 0.251 e. The molecule has 0 bridgehead atoms. The highest BCUT2D eigenvalue weighted by molar-refractivity contribution is 6.17. The summed E-state index contributed by atoms with van der Waals surface area (Å²) in [5.74, 6) is 1.19. The number of carbonyl (C=O) groups excluding carboxylic acids is 1. The summed E-state index contributed by atoms with van der Waals surface area (Å²) in [5, 5.41) is 3.03. The van der Waals surface area contributed by atoms with Crippen molar-refractivity contribution in [2.24, 2.45) is 5.92 Å². The molecule has 0 saturated heterocycles. The molecule has 0 aliphatic heterocycles. The fourth-order valence-corrected chi connectivity index (χ4v) is 2.65. The Kier molecular flexibility index (Phi) is 5.06. The van der Waals surface area contributed by atoms with Crippen LogP contribution in [0.25, 0.3) is 0 Å². The van der Waals surface area contributed by atoms with E-state index in [4.69, 9.17) is 11.6 Å². The lowest BCUT2D eigenvalue weighted by molar-refractivity contribution is 0.0943. The first kappa shape index (κ1) is 13.4. The number of amides is 1. The van der Waals surface area contributed by atoms with E-state index in [2.05, 4.69) is 5.32 Å². The molecule has 1 fully saturated rings. The van der Waals surface area contributed by atoms with Crippen molar-refractivity contribution in [2.75, 3.05) is 6.54 Å². The molecule has 1 saturated carbocycles. The van der Waals surface area contributed by atoms with Crippen LogP contribution in [0.3, 0.4) is 0 Å². The molecule has 0 aromatic heterocycles. The second-order valence-corrected chi connectivity index (χ2v) is 5.31. The number of benzene rings is 1. The Morgan fingerprint density at radius 2 is 1.83 bits per heavy atom. The molecule has 1 aromatic rings. The van der Waals surface area contributed by atoms with Crippen LogP contribution in [0.5, 0.6) is 0 Å². The summed E-state index contributed by atoms with van der Waals surface area (Å²) in [6, 6.07) is 7.49. The molecule has 1 amide bonds. The van der Waals surface area contributed by atoms with Gasteiger partial charge in [-0.2, -0.15) is 0 Å². The van der Waals surface area contributed by atoms with Crippen LogP contribution in [0.15, 0.2) is 24.3 Å². The van der Waals surface area contributed by atoms with E-state index in [9.17, 15) is 4.79 Å². The van der Waals surface area contributed by atoms with Gasteiger partial charge in [-0.05, 0) is 36.5 Å². The Morgan fingerprint density at radius 3 is 2.44 bits per heavy atom. The highest BCUT2D eigenvalue weighted by atomic mass is 35.5. The molecule has 3 heteroatoms. The van der Waals surface area contributed by atoms with E-state index in [0.29, 0.717) is 11.8 Å². The third kappa shape index (κ3) is 3.74. The molecular weight excluding hydrogens is 246 g/mol. The zero-order valence-electron chi connectivity index (χ0n) is 10.6. The number of halogens is 1. The van der Waals surface area contributed by atoms with E-state index >= 15 is 0 Å². The fraction of sp³-hybridized carbons (Fsp3) is 0.533. The first-order valence-electron chi connectivity index (χ1n) is 6.72. The number of hydrogen-bond acceptors (Lipinski definition) is 1. The van der Waals surface area contributed by atoms with Gasteiger partial charge in [0.1, 0.15) is 0 Å². The van der Waals surface area contributed by atoms with Crippen LogP contribution in [-0.2, 0) is 5.88 Å². The molecular formula is C15H20ClNO. The summed E-state index contributed by atoms with van der Waals surface area (Å²) in [5.41, 5.74) is 1.76. The molecule has 2 nitrogen and oxygen atoms in total. The molecule has 1 aliphatic carbocycles. The van der Waals surface area contributed by atoms with E-state index < -0.39 is 0 Å². The van der Waals surface area contributed by atoms with E-state index in [1.807, 2.05) is 24.3 Å². The maximum Gasteiger partial charge on any atom is 0.251 e. The number of alkyl halides is 1. The SMILES string of the molecule is O=C(NCC1CCCCC1)c1ccc(CCl)cc1. The van der Waals surface area contributed by atoms with Crippen LogP contribution in [0.4, 0.5) is 0 Å². The Balaban J connectivity index is 1.82. The van der Waals surface area contributed by atoms with Crippen LogP contribution in [0.2, 0.25) is 0 Å². The first-order valence-corrected chi connectivity index (χ1v) is 7.26. The average molecular weight is 266 g/mol. The van der Waals surface area contributed by atoms with Gasteiger partial charge in [-0.3, -0.25) is 4.79 Å². The molecule has 0 atom stereocenters. The minimum atomic E-state index is 0.0293. The van der Waals surface area contributed by atoms with Crippen LogP contribution in [0, 0.1) is 5.92 Å². The number of carbonyl (C=O) groups is 1. The van der Waals surface area contributed by atoms with Gasteiger partial charge < -0.3 is 5.32 Å². The van der Waals surface area contributed by atoms with Gasteiger partial charge in [-0.25, -0.2) is 0 Å². The van der Waals surface area contributed by atoms with Gasteiger partial charge in [0.05, 0.1) is 0 Å². The van der Waals surface area contributed by atoms with Gasteiger partial charge in [0.25, 0.3) is 5.91 Å². The van der Waals surface area contributed by atoms with Crippen molar-refractivity contribution >= 4 is 17.5 Å². The van der Waals surface area contributed by atoms with E-state index in [1.54, 1.807) is 0 Å². The minimum Gasteiger partial charge on any atom is -0.352 e. The molecule has 1 aromatic carbocycles. The Labute approximate surface area is 114 Å². The Hall–Kier alpha value is -1.02. The number of rotatable bonds is 4. The molecule has 0 heterocycles. The predicted octanol–water partition coefficient (Wildman–Crippen LogP) is 3.74. The van der Waals surface area contributed by atoms with Crippen LogP contribution < -0.4 is 5.32 Å². The van der Waals surface area contributed by atoms with Crippen LogP contribution >= 0.6 is 11.6 Å². The molecule has 2 rings (SSSR count). The summed E-state index contributed by atoms with van der Waals surface area (Å²) < 4.78 is 0. The lowest BCUT2D eigenvalue weighted by Gasteiger charge is -2.21. The highest BCUT2D eigenvalue weighted by Gasteiger charge is 2.14. The van der Waals surface area contributed by atoms with Gasteiger partial charge in [0.2, 0.25) is 0 Å². The summed E-state index contributed by atoms with van der Waals surface area (Å²) in [6.45, 7) is 0.816. The quantitative estimate of drug-likeness (QED) is 0.826. The van der Waals surface area contributed by atoms with E-state index in [1.165, 1.54) is 32.1 Å². The molecule has 0 radical (unpaired) electrons. The van der Waals surface area contributed by atoms with Crippen molar-refractivity contribution in [2.45, 2.75) is 38.0 Å². The Morgan fingerprint density at radius 1 is 1.17 bits per heavy atom. The summed E-state index contributed by atoms with van der Waals surface area (Å²) in [7, 11) is 0. The normalized spacial score (nSPS) is 16.5. The number of hydrogen-bond donors (Lipinski definition) is 1. The third-order valence-corrected chi connectivity index (χ3v) is 3.96. The number of nitrogens with one attached hydrogen (secondary N) is 1. The predicted molar refractivity (Wildman–Crippen MR) is 74.9 cm³/mol. The molecule has 98 valence electrons. The second kappa shape index (κ2) is 6.79. The Bertz CT molecular complexity index is 382. The lowest BCUT2D eigenvalue weighted by Crippen LogP contribution is -2.30. The summed E-state index contributed by atoms with van der Waals surface area (Å²) in [6.07, 6.45) is 6.48. The monoisotopic (exact) mass is 265 g/mol. The van der Waals surface area contributed by atoms with Gasteiger partial charge >= 0.3 is 0 Å². The maximum atomic E-state index is 11.9. The topological polar surface area (TPSA) is 29.1 Å². The van der Waals surface area contributed by atoms with Crippen LogP contribution in [-0.4, -0.2) is 12.5 Å². The van der Waals surface area contributed by atoms with Gasteiger partial charge in [0.15, 0.2) is 0 Å². The van der Waals surface area contributed by atoms with Crippen molar-refractivity contribution in [3.05, 3.63) is 35.4 Å². The molecule has 0 spiro atoms. The largest absolute Gasteiger partial charge is 0.352 e. The summed E-state index contributed by atoms with van der Waals surface area (Å²) in [4.78, 5) is 11.9. The van der Waals surface area contributed by atoms with Crippen molar-refractivity contribution in [1.29, 1.82) is 0 Å². The van der Waals surface area contributed by atoms with Gasteiger partial charge in [-0.15, -0.1) is 11.6 Å². The average Bonchev–Trinajstić information content (AvgIpc) is 2.46. The third-order valence-electron chi connectivity index (χ3n) is 3.65. The molecule has 1 aliphatic rings. The van der Waals surface area contributed by atoms with E-state index in [0.717, 1.165) is 17.7 Å². The molecule has 18 heavy (non-hydrogen) atoms. The van der Waals surface area contributed by atoms with Crippen molar-refractivity contribution in [3.8, 4) is 0 Å². The van der Waals surface area contributed by atoms with Crippen molar-refractivity contribution in [3.63, 3.8) is 0 Å².